The number of urea groups is 1. The van der Waals surface area contributed by atoms with E-state index in [4.69, 9.17) is 22.1 Å². The molecule has 0 aliphatic carbocycles. The zero-order chi connectivity index (χ0) is 18.4. The van der Waals surface area contributed by atoms with E-state index in [9.17, 15) is 19.2 Å². The van der Waals surface area contributed by atoms with Gasteiger partial charge in [-0.1, -0.05) is 23.7 Å². The van der Waals surface area contributed by atoms with Gasteiger partial charge in [0.1, 0.15) is 0 Å². The second-order valence-electron chi connectivity index (χ2n) is 5.52. The molecule has 9 heteroatoms. The molecule has 0 unspecified atom stereocenters. The molecule has 25 heavy (non-hydrogen) atoms. The first-order chi connectivity index (χ1) is 11.9. The number of hydrogen-bond donors (Lipinski definition) is 2. The number of rotatable bonds is 6. The van der Waals surface area contributed by atoms with Crippen molar-refractivity contribution in [2.45, 2.75) is 25.3 Å². The number of amides is 4. The largest absolute Gasteiger partial charge is 0.455 e. The molecule has 3 N–H and O–H groups in total. The quantitative estimate of drug-likeness (QED) is 0.730. The highest BCUT2D eigenvalue weighted by molar-refractivity contribution is 6.30. The summed E-state index contributed by atoms with van der Waals surface area (Å²) >= 11 is 5.81. The molecule has 1 heterocycles. The number of nitrogens with two attached hydrogens (primary N) is 1. The third-order valence-electron chi connectivity index (χ3n) is 3.69. The number of hydrogen-bond acceptors (Lipinski definition) is 5. The summed E-state index contributed by atoms with van der Waals surface area (Å²) in [6.07, 6.45) is 0.715. The van der Waals surface area contributed by atoms with Gasteiger partial charge in [-0.3, -0.25) is 19.3 Å². The van der Waals surface area contributed by atoms with Crippen LogP contribution in [-0.4, -0.2) is 41.9 Å². The van der Waals surface area contributed by atoms with E-state index < -0.39 is 30.6 Å². The van der Waals surface area contributed by atoms with Crippen molar-refractivity contribution >= 4 is 35.4 Å². The predicted octanol–water partition coefficient (Wildman–Crippen LogP) is 1.13. The maximum Gasteiger partial charge on any atom is 0.312 e. The summed E-state index contributed by atoms with van der Waals surface area (Å²) < 4.78 is 4.92. The molecule has 1 fully saturated rings. The first-order valence-electron chi connectivity index (χ1n) is 7.67. The SMILES string of the molecule is NC(=O)N[C@@H](CC(=O)OCC(=O)N1CCCC1=O)c1ccc(Cl)cc1. The van der Waals surface area contributed by atoms with Crippen molar-refractivity contribution < 1.29 is 23.9 Å². The summed E-state index contributed by atoms with van der Waals surface area (Å²) in [4.78, 5) is 47.5. The zero-order valence-corrected chi connectivity index (χ0v) is 14.1. The van der Waals surface area contributed by atoms with Crippen LogP contribution in [0.1, 0.15) is 30.9 Å². The molecule has 1 aromatic rings. The third kappa shape index (κ3) is 5.46. The highest BCUT2D eigenvalue weighted by Crippen LogP contribution is 2.20. The number of carbonyl (C=O) groups excluding carboxylic acids is 4. The van der Waals surface area contributed by atoms with E-state index in [1.165, 1.54) is 0 Å². The Kier molecular flexibility index (Phi) is 6.35. The lowest BCUT2D eigenvalue weighted by atomic mass is 10.0. The first kappa shape index (κ1) is 18.7. The highest BCUT2D eigenvalue weighted by Gasteiger charge is 2.27. The van der Waals surface area contributed by atoms with E-state index in [2.05, 4.69) is 5.32 Å². The van der Waals surface area contributed by atoms with Crippen LogP contribution in [0.5, 0.6) is 0 Å². The van der Waals surface area contributed by atoms with Gasteiger partial charge in [0.15, 0.2) is 6.61 Å². The number of esters is 1. The Morgan fingerprint density at radius 2 is 1.96 bits per heavy atom. The zero-order valence-electron chi connectivity index (χ0n) is 13.4. The van der Waals surface area contributed by atoms with Gasteiger partial charge in [-0.2, -0.15) is 0 Å². The molecule has 134 valence electrons. The van der Waals surface area contributed by atoms with Crippen LogP contribution in [0.4, 0.5) is 4.79 Å². The molecular formula is C16H18ClN3O5. The second kappa shape index (κ2) is 8.48. The normalized spacial score (nSPS) is 14.9. The minimum Gasteiger partial charge on any atom is -0.455 e. The third-order valence-corrected chi connectivity index (χ3v) is 3.94. The topological polar surface area (TPSA) is 119 Å². The number of likely N-dealkylation sites (tertiary alicyclic amines) is 1. The predicted molar refractivity (Wildman–Crippen MR) is 88.4 cm³/mol. The molecule has 0 spiro atoms. The molecule has 2 rings (SSSR count). The fourth-order valence-corrected chi connectivity index (χ4v) is 2.60. The van der Waals surface area contributed by atoms with Crippen LogP contribution in [0.3, 0.4) is 0 Å². The standard InChI is InChI=1S/C16H18ClN3O5/c17-11-5-3-10(4-6-11)12(19-16(18)24)8-15(23)25-9-14(22)20-7-1-2-13(20)21/h3-6,12H,1-2,7-9H2,(H3,18,19,24)/t12-/m0/s1. The number of primary amides is 1. The van der Waals surface area contributed by atoms with Crippen LogP contribution >= 0.6 is 11.6 Å². The van der Waals surface area contributed by atoms with Crippen LogP contribution in [0.25, 0.3) is 0 Å². The lowest BCUT2D eigenvalue weighted by molar-refractivity contribution is -0.155. The molecule has 1 aromatic carbocycles. The smallest absolute Gasteiger partial charge is 0.312 e. The number of halogens is 1. The van der Waals surface area contributed by atoms with Gasteiger partial charge in [0, 0.05) is 18.0 Å². The monoisotopic (exact) mass is 367 g/mol. The minimum absolute atomic E-state index is 0.216. The van der Waals surface area contributed by atoms with Gasteiger partial charge in [-0.25, -0.2) is 4.79 Å². The minimum atomic E-state index is -0.800. The van der Waals surface area contributed by atoms with Crippen molar-refractivity contribution in [1.29, 1.82) is 0 Å². The van der Waals surface area contributed by atoms with E-state index >= 15 is 0 Å². The van der Waals surface area contributed by atoms with Crippen molar-refractivity contribution in [2.24, 2.45) is 5.73 Å². The van der Waals surface area contributed by atoms with E-state index in [0.717, 1.165) is 4.90 Å². The van der Waals surface area contributed by atoms with Gasteiger partial charge in [-0.05, 0) is 24.1 Å². The summed E-state index contributed by atoms with van der Waals surface area (Å²) in [7, 11) is 0. The molecule has 4 amide bonds. The average molecular weight is 368 g/mol. The molecule has 0 saturated carbocycles. The molecule has 1 saturated heterocycles. The second-order valence-corrected chi connectivity index (χ2v) is 5.96. The summed E-state index contributed by atoms with van der Waals surface area (Å²) in [5, 5.41) is 2.95. The first-order valence-corrected chi connectivity index (χ1v) is 8.05. The van der Waals surface area contributed by atoms with Gasteiger partial charge in [0.2, 0.25) is 5.91 Å². The van der Waals surface area contributed by atoms with E-state index in [-0.39, 0.29) is 12.3 Å². The Labute approximate surface area is 149 Å². The molecule has 0 bridgehead atoms. The Morgan fingerprint density at radius 3 is 2.52 bits per heavy atom. The Hall–Kier alpha value is -2.61. The number of ether oxygens (including phenoxy) is 1. The maximum atomic E-state index is 12.0. The van der Waals surface area contributed by atoms with Gasteiger partial charge < -0.3 is 15.8 Å². The maximum absolute atomic E-state index is 12.0. The van der Waals surface area contributed by atoms with Crippen LogP contribution in [0.2, 0.25) is 5.02 Å². The van der Waals surface area contributed by atoms with Crippen molar-refractivity contribution in [3.63, 3.8) is 0 Å². The number of carbonyl (C=O) groups is 4. The van der Waals surface area contributed by atoms with Crippen molar-refractivity contribution in [2.75, 3.05) is 13.2 Å². The van der Waals surface area contributed by atoms with E-state index in [0.29, 0.717) is 30.0 Å². The number of benzene rings is 1. The van der Waals surface area contributed by atoms with Crippen molar-refractivity contribution in [3.05, 3.63) is 34.9 Å². The fourth-order valence-electron chi connectivity index (χ4n) is 2.48. The molecular weight excluding hydrogens is 350 g/mol. The Balaban J connectivity index is 1.92. The number of imide groups is 1. The summed E-state index contributed by atoms with van der Waals surface area (Å²) in [5.74, 6) is -1.52. The van der Waals surface area contributed by atoms with E-state index in [1.54, 1.807) is 24.3 Å². The van der Waals surface area contributed by atoms with Gasteiger partial charge >= 0.3 is 12.0 Å². The van der Waals surface area contributed by atoms with E-state index in [1.807, 2.05) is 0 Å². The highest BCUT2D eigenvalue weighted by atomic mass is 35.5. The van der Waals surface area contributed by atoms with Crippen molar-refractivity contribution in [1.82, 2.24) is 10.2 Å². The number of nitrogens with zero attached hydrogens (tertiary/aromatic N) is 1. The Morgan fingerprint density at radius 1 is 1.28 bits per heavy atom. The average Bonchev–Trinajstić information content (AvgIpc) is 2.98. The molecule has 0 aromatic heterocycles. The van der Waals surface area contributed by atoms with Gasteiger partial charge in [0.05, 0.1) is 12.5 Å². The van der Waals surface area contributed by atoms with Crippen LogP contribution in [-0.2, 0) is 19.1 Å². The van der Waals surface area contributed by atoms with Crippen LogP contribution < -0.4 is 11.1 Å². The van der Waals surface area contributed by atoms with Crippen LogP contribution in [0.15, 0.2) is 24.3 Å². The number of nitrogens with one attached hydrogen (secondary N) is 1. The summed E-state index contributed by atoms with van der Waals surface area (Å²) in [5.41, 5.74) is 5.74. The summed E-state index contributed by atoms with van der Waals surface area (Å²) in [6.45, 7) is -0.180. The fraction of sp³-hybridized carbons (Fsp3) is 0.375. The molecule has 1 aliphatic heterocycles. The molecule has 0 radical (unpaired) electrons. The lowest BCUT2D eigenvalue weighted by Gasteiger charge is -2.18. The molecule has 8 nitrogen and oxygen atoms in total. The molecule has 1 atom stereocenters. The van der Waals surface area contributed by atoms with Gasteiger partial charge in [-0.15, -0.1) is 0 Å². The van der Waals surface area contributed by atoms with Crippen LogP contribution in [0, 0.1) is 0 Å². The van der Waals surface area contributed by atoms with Gasteiger partial charge in [0.25, 0.3) is 5.91 Å². The molecule has 1 aliphatic rings. The lowest BCUT2D eigenvalue weighted by Crippen LogP contribution is -2.37. The van der Waals surface area contributed by atoms with Crippen molar-refractivity contribution in [3.8, 4) is 0 Å². The summed E-state index contributed by atoms with van der Waals surface area (Å²) in [6, 6.07) is 4.99. The Bertz CT molecular complexity index is 677.